The van der Waals surface area contributed by atoms with Gasteiger partial charge in [-0.2, -0.15) is 0 Å². The number of hydrogen-bond acceptors (Lipinski definition) is 4. The van der Waals surface area contributed by atoms with E-state index in [0.717, 1.165) is 24.6 Å². The molecular weight excluding hydrogens is 228 g/mol. The SMILES string of the molecule is Cc1cc(N2CC(NC(=O)C(C)(C)C)C2)ncn1. The molecule has 1 fully saturated rings. The minimum atomic E-state index is -0.327. The first-order valence-corrected chi connectivity index (χ1v) is 6.21. The summed E-state index contributed by atoms with van der Waals surface area (Å²) in [5.74, 6) is 1.04. The molecule has 0 saturated carbocycles. The zero-order valence-electron chi connectivity index (χ0n) is 11.4. The van der Waals surface area contributed by atoms with E-state index in [4.69, 9.17) is 0 Å². The van der Waals surface area contributed by atoms with Gasteiger partial charge in [0.05, 0.1) is 6.04 Å². The van der Waals surface area contributed by atoms with Crippen molar-refractivity contribution in [2.24, 2.45) is 5.41 Å². The highest BCUT2D eigenvalue weighted by Gasteiger charge is 2.32. The summed E-state index contributed by atoms with van der Waals surface area (Å²) in [5.41, 5.74) is 0.633. The van der Waals surface area contributed by atoms with Crippen molar-refractivity contribution < 1.29 is 4.79 Å². The third kappa shape index (κ3) is 2.78. The summed E-state index contributed by atoms with van der Waals surface area (Å²) >= 11 is 0. The zero-order chi connectivity index (χ0) is 13.3. The van der Waals surface area contributed by atoms with Crippen LogP contribution in [0, 0.1) is 12.3 Å². The topological polar surface area (TPSA) is 58.1 Å². The van der Waals surface area contributed by atoms with Crippen molar-refractivity contribution in [2.45, 2.75) is 33.7 Å². The zero-order valence-corrected chi connectivity index (χ0v) is 11.4. The minimum Gasteiger partial charge on any atom is -0.352 e. The van der Waals surface area contributed by atoms with E-state index in [0.29, 0.717) is 0 Å². The van der Waals surface area contributed by atoms with Crippen LogP contribution in [-0.4, -0.2) is 35.0 Å². The Kier molecular flexibility index (Phi) is 3.24. The van der Waals surface area contributed by atoms with Crippen molar-refractivity contribution in [3.8, 4) is 0 Å². The Balaban J connectivity index is 1.86. The van der Waals surface area contributed by atoms with Gasteiger partial charge >= 0.3 is 0 Å². The molecule has 1 N–H and O–H groups in total. The number of carbonyl (C=O) groups is 1. The van der Waals surface area contributed by atoms with Gasteiger partial charge in [-0.1, -0.05) is 20.8 Å². The maximum absolute atomic E-state index is 11.8. The number of hydrogen-bond donors (Lipinski definition) is 1. The second-order valence-electron chi connectivity index (χ2n) is 5.84. The molecule has 0 radical (unpaired) electrons. The average Bonchev–Trinajstić information content (AvgIpc) is 2.20. The maximum Gasteiger partial charge on any atom is 0.225 e. The predicted molar refractivity (Wildman–Crippen MR) is 70.4 cm³/mol. The highest BCUT2D eigenvalue weighted by atomic mass is 16.2. The molecule has 98 valence electrons. The summed E-state index contributed by atoms with van der Waals surface area (Å²) in [6.07, 6.45) is 1.58. The second kappa shape index (κ2) is 4.55. The first kappa shape index (κ1) is 12.8. The highest BCUT2D eigenvalue weighted by Crippen LogP contribution is 2.20. The van der Waals surface area contributed by atoms with E-state index < -0.39 is 0 Å². The Morgan fingerprint density at radius 3 is 2.61 bits per heavy atom. The fourth-order valence-electron chi connectivity index (χ4n) is 1.77. The predicted octanol–water partition coefficient (Wildman–Crippen LogP) is 1.14. The molecule has 1 saturated heterocycles. The highest BCUT2D eigenvalue weighted by molar-refractivity contribution is 5.82. The van der Waals surface area contributed by atoms with Crippen molar-refractivity contribution in [3.05, 3.63) is 18.1 Å². The summed E-state index contributed by atoms with van der Waals surface area (Å²) in [6, 6.07) is 2.19. The molecule has 0 atom stereocenters. The van der Waals surface area contributed by atoms with E-state index in [1.54, 1.807) is 6.33 Å². The van der Waals surface area contributed by atoms with Crippen molar-refractivity contribution in [3.63, 3.8) is 0 Å². The standard InChI is InChI=1S/C13H20N4O/c1-9-5-11(15-8-14-9)17-6-10(7-17)16-12(18)13(2,3)4/h5,8,10H,6-7H2,1-4H3,(H,16,18). The van der Waals surface area contributed by atoms with Crippen LogP contribution in [0.3, 0.4) is 0 Å². The van der Waals surface area contributed by atoms with Crippen LogP contribution in [0.25, 0.3) is 0 Å². The molecule has 1 aromatic heterocycles. The molecule has 18 heavy (non-hydrogen) atoms. The van der Waals surface area contributed by atoms with Crippen molar-refractivity contribution in [1.29, 1.82) is 0 Å². The first-order valence-electron chi connectivity index (χ1n) is 6.21. The van der Waals surface area contributed by atoms with E-state index >= 15 is 0 Å². The van der Waals surface area contributed by atoms with E-state index in [1.165, 1.54) is 0 Å². The Labute approximate surface area is 108 Å². The van der Waals surface area contributed by atoms with Gasteiger partial charge in [-0.15, -0.1) is 0 Å². The molecule has 1 aromatic rings. The summed E-state index contributed by atoms with van der Waals surface area (Å²) in [5, 5.41) is 3.05. The van der Waals surface area contributed by atoms with E-state index in [1.807, 2.05) is 33.8 Å². The molecule has 0 unspecified atom stereocenters. The summed E-state index contributed by atoms with van der Waals surface area (Å²) in [7, 11) is 0. The van der Waals surface area contributed by atoms with Crippen molar-refractivity contribution in [1.82, 2.24) is 15.3 Å². The smallest absolute Gasteiger partial charge is 0.225 e. The van der Waals surface area contributed by atoms with Crippen LogP contribution in [0.15, 0.2) is 12.4 Å². The third-order valence-corrected chi connectivity index (χ3v) is 3.01. The lowest BCUT2D eigenvalue weighted by Gasteiger charge is -2.41. The van der Waals surface area contributed by atoms with Gasteiger partial charge in [0.15, 0.2) is 0 Å². The van der Waals surface area contributed by atoms with Crippen LogP contribution in [0.5, 0.6) is 0 Å². The Bertz CT molecular complexity index is 447. The number of anilines is 1. The Morgan fingerprint density at radius 1 is 1.39 bits per heavy atom. The molecule has 0 aromatic carbocycles. The van der Waals surface area contributed by atoms with E-state index in [-0.39, 0.29) is 17.4 Å². The Morgan fingerprint density at radius 2 is 2.06 bits per heavy atom. The lowest BCUT2D eigenvalue weighted by atomic mass is 9.94. The summed E-state index contributed by atoms with van der Waals surface area (Å²) in [6.45, 7) is 9.35. The van der Waals surface area contributed by atoms with Crippen LogP contribution < -0.4 is 10.2 Å². The lowest BCUT2D eigenvalue weighted by Crippen LogP contribution is -2.61. The van der Waals surface area contributed by atoms with Crippen LogP contribution in [0.2, 0.25) is 0 Å². The largest absolute Gasteiger partial charge is 0.352 e. The number of nitrogens with zero attached hydrogens (tertiary/aromatic N) is 3. The van der Waals surface area contributed by atoms with Crippen molar-refractivity contribution in [2.75, 3.05) is 18.0 Å². The Hall–Kier alpha value is -1.65. The third-order valence-electron chi connectivity index (χ3n) is 3.01. The molecule has 0 spiro atoms. The first-order chi connectivity index (χ1) is 8.36. The summed E-state index contributed by atoms with van der Waals surface area (Å²) in [4.78, 5) is 22.2. The van der Waals surface area contributed by atoms with Gasteiger partial charge in [-0.3, -0.25) is 4.79 Å². The second-order valence-corrected chi connectivity index (χ2v) is 5.84. The number of carbonyl (C=O) groups excluding carboxylic acids is 1. The number of aromatic nitrogens is 2. The van der Waals surface area contributed by atoms with Crippen LogP contribution in [0.1, 0.15) is 26.5 Å². The maximum atomic E-state index is 11.8. The van der Waals surface area contributed by atoms with Gasteiger partial charge in [0.25, 0.3) is 0 Å². The molecular formula is C13H20N4O. The molecule has 1 aliphatic rings. The molecule has 0 aliphatic carbocycles. The van der Waals surface area contributed by atoms with Crippen LogP contribution in [-0.2, 0) is 4.79 Å². The average molecular weight is 248 g/mol. The summed E-state index contributed by atoms with van der Waals surface area (Å²) < 4.78 is 0. The number of nitrogens with one attached hydrogen (secondary N) is 1. The van der Waals surface area contributed by atoms with Crippen LogP contribution >= 0.6 is 0 Å². The van der Waals surface area contributed by atoms with E-state index in [9.17, 15) is 4.79 Å². The molecule has 0 bridgehead atoms. The molecule has 1 aliphatic heterocycles. The van der Waals surface area contributed by atoms with Gasteiger partial charge in [-0.05, 0) is 6.92 Å². The molecule has 2 rings (SSSR count). The van der Waals surface area contributed by atoms with Gasteiger partial charge in [-0.25, -0.2) is 9.97 Å². The quantitative estimate of drug-likeness (QED) is 0.852. The fourth-order valence-corrected chi connectivity index (χ4v) is 1.77. The van der Waals surface area contributed by atoms with Crippen LogP contribution in [0.4, 0.5) is 5.82 Å². The molecule has 2 heterocycles. The lowest BCUT2D eigenvalue weighted by molar-refractivity contribution is -0.129. The van der Waals surface area contributed by atoms with Gasteiger partial charge in [0.2, 0.25) is 5.91 Å². The molecule has 5 heteroatoms. The monoisotopic (exact) mass is 248 g/mol. The fraction of sp³-hybridized carbons (Fsp3) is 0.615. The normalized spacial score (nSPS) is 16.3. The van der Waals surface area contributed by atoms with E-state index in [2.05, 4.69) is 20.2 Å². The number of aryl methyl sites for hydroxylation is 1. The minimum absolute atomic E-state index is 0.103. The number of rotatable bonds is 2. The number of amides is 1. The van der Waals surface area contributed by atoms with Crippen molar-refractivity contribution >= 4 is 11.7 Å². The molecule has 5 nitrogen and oxygen atoms in total. The van der Waals surface area contributed by atoms with Gasteiger partial charge < -0.3 is 10.2 Å². The van der Waals surface area contributed by atoms with Gasteiger partial charge in [0.1, 0.15) is 12.1 Å². The molecule has 1 amide bonds. The van der Waals surface area contributed by atoms with Gasteiger partial charge in [0, 0.05) is 30.3 Å².